The molecule has 2 aromatic rings. The third-order valence-electron chi connectivity index (χ3n) is 5.59. The molecule has 1 saturated heterocycles. The molecule has 2 heterocycles. The summed E-state index contributed by atoms with van der Waals surface area (Å²) in [6, 6.07) is 10.5. The van der Waals surface area contributed by atoms with Crippen LogP contribution in [0.15, 0.2) is 30.3 Å². The minimum absolute atomic E-state index is 0.0267. The highest BCUT2D eigenvalue weighted by molar-refractivity contribution is 6.02. The van der Waals surface area contributed by atoms with E-state index in [-0.39, 0.29) is 11.8 Å². The Hall–Kier alpha value is -2.44. The van der Waals surface area contributed by atoms with Crippen LogP contribution in [0.5, 0.6) is 0 Å². The number of ketones is 1. The SMILES string of the molecule is CCOC(=O)c1c(C)[nH]c(C(=O)CN2CCN(CCc3ccccc3)CC2)c1C. The zero-order chi connectivity index (χ0) is 20.8. The van der Waals surface area contributed by atoms with Crippen LogP contribution >= 0.6 is 0 Å². The number of aromatic nitrogens is 1. The first-order valence-electron chi connectivity index (χ1n) is 10.4. The Morgan fingerprint density at radius 3 is 2.34 bits per heavy atom. The number of carbonyl (C=O) groups excluding carboxylic acids is 2. The summed E-state index contributed by atoms with van der Waals surface area (Å²) in [6.45, 7) is 10.8. The lowest BCUT2D eigenvalue weighted by atomic mass is 10.1. The molecular weight excluding hydrogens is 366 g/mol. The first kappa shape index (κ1) is 21.3. The molecule has 0 saturated carbocycles. The lowest BCUT2D eigenvalue weighted by Gasteiger charge is -2.34. The van der Waals surface area contributed by atoms with Crippen LogP contribution in [0.2, 0.25) is 0 Å². The minimum Gasteiger partial charge on any atom is -0.462 e. The van der Waals surface area contributed by atoms with Crippen molar-refractivity contribution >= 4 is 11.8 Å². The molecule has 0 bridgehead atoms. The van der Waals surface area contributed by atoms with Crippen molar-refractivity contribution in [2.75, 3.05) is 45.9 Å². The average Bonchev–Trinajstić information content (AvgIpc) is 3.02. The number of H-pyrrole nitrogens is 1. The third kappa shape index (κ3) is 5.34. The van der Waals surface area contributed by atoms with Crippen LogP contribution < -0.4 is 0 Å². The predicted molar refractivity (Wildman–Crippen MR) is 114 cm³/mol. The molecule has 0 spiro atoms. The molecular formula is C23H31N3O3. The van der Waals surface area contributed by atoms with E-state index in [4.69, 9.17) is 4.74 Å². The monoisotopic (exact) mass is 397 g/mol. The molecule has 0 atom stereocenters. The number of esters is 1. The molecule has 0 unspecified atom stereocenters. The van der Waals surface area contributed by atoms with E-state index in [0.717, 1.165) is 39.1 Å². The van der Waals surface area contributed by atoms with Gasteiger partial charge in [0.25, 0.3) is 0 Å². The van der Waals surface area contributed by atoms with E-state index in [2.05, 4.69) is 39.0 Å². The van der Waals surface area contributed by atoms with Gasteiger partial charge in [0.05, 0.1) is 24.4 Å². The molecule has 1 N–H and O–H groups in total. The number of hydrogen-bond donors (Lipinski definition) is 1. The Morgan fingerprint density at radius 1 is 1.03 bits per heavy atom. The van der Waals surface area contributed by atoms with E-state index in [0.29, 0.717) is 35.7 Å². The second kappa shape index (κ2) is 9.85. The number of benzene rings is 1. The van der Waals surface area contributed by atoms with Gasteiger partial charge in [-0.2, -0.15) is 0 Å². The number of nitrogens with zero attached hydrogens (tertiary/aromatic N) is 2. The quantitative estimate of drug-likeness (QED) is 0.548. The van der Waals surface area contributed by atoms with Gasteiger partial charge in [-0.25, -0.2) is 4.79 Å². The summed E-state index contributed by atoms with van der Waals surface area (Å²) in [7, 11) is 0. The molecule has 0 radical (unpaired) electrons. The van der Waals surface area contributed by atoms with Crippen LogP contribution in [0.3, 0.4) is 0 Å². The van der Waals surface area contributed by atoms with Gasteiger partial charge >= 0.3 is 5.97 Å². The summed E-state index contributed by atoms with van der Waals surface area (Å²) in [6.07, 6.45) is 1.05. The van der Waals surface area contributed by atoms with Crippen LogP contribution in [0.4, 0.5) is 0 Å². The Balaban J connectivity index is 1.51. The number of carbonyl (C=O) groups is 2. The zero-order valence-electron chi connectivity index (χ0n) is 17.7. The highest BCUT2D eigenvalue weighted by Gasteiger charge is 2.25. The van der Waals surface area contributed by atoms with E-state index < -0.39 is 0 Å². The van der Waals surface area contributed by atoms with Crippen molar-refractivity contribution in [3.63, 3.8) is 0 Å². The maximum absolute atomic E-state index is 12.8. The van der Waals surface area contributed by atoms with Crippen molar-refractivity contribution in [3.8, 4) is 0 Å². The van der Waals surface area contributed by atoms with Gasteiger partial charge in [0.15, 0.2) is 5.78 Å². The zero-order valence-corrected chi connectivity index (χ0v) is 17.7. The Morgan fingerprint density at radius 2 is 1.69 bits per heavy atom. The smallest absolute Gasteiger partial charge is 0.340 e. The molecule has 156 valence electrons. The Kier molecular flexibility index (Phi) is 7.23. The molecule has 0 amide bonds. The molecule has 0 aliphatic carbocycles. The maximum atomic E-state index is 12.8. The highest BCUT2D eigenvalue weighted by atomic mass is 16.5. The highest BCUT2D eigenvalue weighted by Crippen LogP contribution is 2.20. The fourth-order valence-electron chi connectivity index (χ4n) is 3.92. The fourth-order valence-corrected chi connectivity index (χ4v) is 3.92. The third-order valence-corrected chi connectivity index (χ3v) is 5.59. The normalized spacial score (nSPS) is 15.4. The molecule has 1 aromatic heterocycles. The maximum Gasteiger partial charge on any atom is 0.340 e. The van der Waals surface area contributed by atoms with Crippen molar-refractivity contribution < 1.29 is 14.3 Å². The number of aryl methyl sites for hydroxylation is 1. The second-order valence-electron chi connectivity index (χ2n) is 7.62. The van der Waals surface area contributed by atoms with Crippen molar-refractivity contribution in [1.82, 2.24) is 14.8 Å². The summed E-state index contributed by atoms with van der Waals surface area (Å²) >= 11 is 0. The van der Waals surface area contributed by atoms with E-state index in [1.54, 1.807) is 6.92 Å². The topological polar surface area (TPSA) is 65.6 Å². The van der Waals surface area contributed by atoms with Crippen LogP contribution in [0.1, 0.15) is 44.6 Å². The number of aromatic amines is 1. The first-order chi connectivity index (χ1) is 14.0. The van der Waals surface area contributed by atoms with Crippen molar-refractivity contribution in [1.29, 1.82) is 0 Å². The molecule has 1 aliphatic heterocycles. The Bertz CT molecular complexity index is 837. The molecule has 3 rings (SSSR count). The number of Topliss-reactive ketones (excluding diaryl/α,β-unsaturated/α-hetero) is 1. The van der Waals surface area contributed by atoms with Gasteiger partial charge in [0.2, 0.25) is 0 Å². The molecule has 6 heteroatoms. The number of nitrogens with one attached hydrogen (secondary N) is 1. The molecule has 1 fully saturated rings. The molecule has 29 heavy (non-hydrogen) atoms. The van der Waals surface area contributed by atoms with Crippen LogP contribution in [-0.2, 0) is 11.2 Å². The minimum atomic E-state index is -0.371. The van der Waals surface area contributed by atoms with Gasteiger partial charge in [-0.3, -0.25) is 9.69 Å². The summed E-state index contributed by atoms with van der Waals surface area (Å²) in [5, 5.41) is 0. The van der Waals surface area contributed by atoms with Gasteiger partial charge < -0.3 is 14.6 Å². The van der Waals surface area contributed by atoms with Gasteiger partial charge in [-0.05, 0) is 38.3 Å². The van der Waals surface area contributed by atoms with Gasteiger partial charge in [-0.15, -0.1) is 0 Å². The molecule has 6 nitrogen and oxygen atoms in total. The number of hydrogen-bond acceptors (Lipinski definition) is 5. The second-order valence-corrected chi connectivity index (χ2v) is 7.62. The van der Waals surface area contributed by atoms with Crippen LogP contribution in [-0.4, -0.2) is 72.4 Å². The fraction of sp³-hybridized carbons (Fsp3) is 0.478. The van der Waals surface area contributed by atoms with Crippen molar-refractivity contribution in [2.24, 2.45) is 0 Å². The van der Waals surface area contributed by atoms with E-state index in [9.17, 15) is 9.59 Å². The predicted octanol–water partition coefficient (Wildman–Crippen LogP) is 2.85. The number of piperazine rings is 1. The van der Waals surface area contributed by atoms with Crippen LogP contribution in [0.25, 0.3) is 0 Å². The van der Waals surface area contributed by atoms with E-state index >= 15 is 0 Å². The lowest BCUT2D eigenvalue weighted by Crippen LogP contribution is -2.48. The van der Waals surface area contributed by atoms with E-state index in [1.165, 1.54) is 5.56 Å². The standard InChI is InChI=1S/C23H31N3O3/c1-4-29-23(28)21-17(2)22(24-18(21)3)20(27)16-26-14-12-25(13-15-26)11-10-19-8-6-5-7-9-19/h5-9,24H,4,10-16H2,1-3H3. The number of rotatable bonds is 8. The first-order valence-corrected chi connectivity index (χ1v) is 10.4. The van der Waals surface area contributed by atoms with Gasteiger partial charge in [-0.1, -0.05) is 30.3 Å². The molecule has 1 aromatic carbocycles. The summed E-state index contributed by atoms with van der Waals surface area (Å²) in [5.41, 5.74) is 3.75. The molecule has 1 aliphatic rings. The van der Waals surface area contributed by atoms with Crippen LogP contribution in [0, 0.1) is 13.8 Å². The average molecular weight is 398 g/mol. The van der Waals surface area contributed by atoms with Crippen molar-refractivity contribution in [2.45, 2.75) is 27.2 Å². The van der Waals surface area contributed by atoms with Crippen molar-refractivity contribution in [3.05, 3.63) is 58.4 Å². The summed E-state index contributed by atoms with van der Waals surface area (Å²) in [4.78, 5) is 32.7. The summed E-state index contributed by atoms with van der Waals surface area (Å²) in [5.74, 6) is -0.344. The van der Waals surface area contributed by atoms with Gasteiger partial charge in [0.1, 0.15) is 0 Å². The summed E-state index contributed by atoms with van der Waals surface area (Å²) < 4.78 is 5.11. The largest absolute Gasteiger partial charge is 0.462 e. The Labute approximate surface area is 172 Å². The van der Waals surface area contributed by atoms with E-state index in [1.807, 2.05) is 19.9 Å². The lowest BCUT2D eigenvalue weighted by molar-refractivity contribution is 0.0525. The number of ether oxygens (including phenoxy) is 1. The van der Waals surface area contributed by atoms with Gasteiger partial charge in [0, 0.05) is 38.4 Å².